The summed E-state index contributed by atoms with van der Waals surface area (Å²) in [6.45, 7) is 1.96. The number of aromatic nitrogens is 2. The summed E-state index contributed by atoms with van der Waals surface area (Å²) in [5, 5.41) is 7.30. The molecular weight excluding hydrogens is 278 g/mol. The average molecular weight is 295 g/mol. The van der Waals surface area contributed by atoms with Crippen LogP contribution in [0.5, 0.6) is 0 Å². The second-order valence-corrected chi connectivity index (χ2v) is 5.12. The van der Waals surface area contributed by atoms with Crippen LogP contribution in [-0.4, -0.2) is 15.7 Å². The Balaban J connectivity index is 1.78. The molecule has 5 heteroatoms. The van der Waals surface area contributed by atoms with Crippen molar-refractivity contribution in [1.29, 1.82) is 0 Å². The van der Waals surface area contributed by atoms with Crippen molar-refractivity contribution in [2.45, 2.75) is 13.0 Å². The average Bonchev–Trinajstić information content (AvgIpc) is 3.17. The third-order valence-corrected chi connectivity index (χ3v) is 3.53. The molecule has 1 N–H and O–H groups in total. The van der Waals surface area contributed by atoms with Gasteiger partial charge in [0, 0.05) is 13.1 Å². The monoisotopic (exact) mass is 295 g/mol. The van der Waals surface area contributed by atoms with E-state index in [9.17, 15) is 4.79 Å². The van der Waals surface area contributed by atoms with Gasteiger partial charge in [0.1, 0.15) is 11.4 Å². The van der Waals surface area contributed by atoms with E-state index in [0.29, 0.717) is 17.1 Å². The second kappa shape index (κ2) is 5.89. The Bertz CT molecular complexity index is 761. The number of benzene rings is 1. The number of aryl methyl sites for hydroxylation is 1. The second-order valence-electron chi connectivity index (χ2n) is 5.12. The zero-order valence-electron chi connectivity index (χ0n) is 12.5. The van der Waals surface area contributed by atoms with Crippen LogP contribution in [0.3, 0.4) is 0 Å². The fourth-order valence-electron chi connectivity index (χ4n) is 2.32. The molecule has 0 unspecified atom stereocenters. The molecule has 0 fully saturated rings. The quantitative estimate of drug-likeness (QED) is 0.804. The maximum Gasteiger partial charge on any atom is 0.270 e. The SMILES string of the molecule is C[C@H](NC(=O)c1cc(-c2ccco2)nn1C)c1ccccc1. The van der Waals surface area contributed by atoms with Gasteiger partial charge in [0.15, 0.2) is 5.76 Å². The molecule has 0 radical (unpaired) electrons. The highest BCUT2D eigenvalue weighted by atomic mass is 16.3. The first-order valence-electron chi connectivity index (χ1n) is 7.09. The minimum atomic E-state index is -0.163. The van der Waals surface area contributed by atoms with Crippen molar-refractivity contribution in [1.82, 2.24) is 15.1 Å². The summed E-state index contributed by atoms with van der Waals surface area (Å²) in [7, 11) is 1.74. The van der Waals surface area contributed by atoms with E-state index >= 15 is 0 Å². The minimum absolute atomic E-state index is 0.0735. The van der Waals surface area contributed by atoms with E-state index in [-0.39, 0.29) is 11.9 Å². The van der Waals surface area contributed by atoms with Crippen molar-refractivity contribution in [3.63, 3.8) is 0 Å². The molecule has 0 saturated heterocycles. The fraction of sp³-hybridized carbons (Fsp3) is 0.176. The van der Waals surface area contributed by atoms with Gasteiger partial charge in [-0.1, -0.05) is 30.3 Å². The normalized spacial score (nSPS) is 12.1. The van der Waals surface area contributed by atoms with Crippen molar-refractivity contribution in [3.8, 4) is 11.5 Å². The first-order valence-corrected chi connectivity index (χ1v) is 7.09. The molecule has 1 atom stereocenters. The summed E-state index contributed by atoms with van der Waals surface area (Å²) in [6, 6.07) is 15.1. The summed E-state index contributed by atoms with van der Waals surface area (Å²) in [6.07, 6.45) is 1.58. The molecule has 2 heterocycles. The topological polar surface area (TPSA) is 60.1 Å². The van der Waals surface area contributed by atoms with Gasteiger partial charge in [0.25, 0.3) is 5.91 Å². The highest BCUT2D eigenvalue weighted by Gasteiger charge is 2.17. The largest absolute Gasteiger partial charge is 0.463 e. The Labute approximate surface area is 128 Å². The molecule has 0 aliphatic carbocycles. The number of hydrogen-bond donors (Lipinski definition) is 1. The standard InChI is InChI=1S/C17H17N3O2/c1-12(13-7-4-3-5-8-13)18-17(21)15-11-14(19-20(15)2)16-9-6-10-22-16/h3-12H,1-2H3,(H,18,21)/t12-/m0/s1. The lowest BCUT2D eigenvalue weighted by Crippen LogP contribution is -2.28. The summed E-state index contributed by atoms with van der Waals surface area (Å²) < 4.78 is 6.87. The van der Waals surface area contributed by atoms with Gasteiger partial charge in [-0.3, -0.25) is 9.48 Å². The van der Waals surface area contributed by atoms with Gasteiger partial charge < -0.3 is 9.73 Å². The molecule has 1 aromatic carbocycles. The van der Waals surface area contributed by atoms with Gasteiger partial charge >= 0.3 is 0 Å². The molecule has 0 saturated carbocycles. The van der Waals surface area contributed by atoms with Crippen LogP contribution in [0.2, 0.25) is 0 Å². The van der Waals surface area contributed by atoms with E-state index in [1.807, 2.05) is 43.3 Å². The van der Waals surface area contributed by atoms with Gasteiger partial charge in [-0.15, -0.1) is 0 Å². The van der Waals surface area contributed by atoms with Gasteiger partial charge in [0.2, 0.25) is 0 Å². The maximum absolute atomic E-state index is 12.4. The van der Waals surface area contributed by atoms with E-state index in [1.165, 1.54) is 0 Å². The van der Waals surface area contributed by atoms with Crippen LogP contribution in [0.25, 0.3) is 11.5 Å². The van der Waals surface area contributed by atoms with Crippen LogP contribution >= 0.6 is 0 Å². The van der Waals surface area contributed by atoms with Gasteiger partial charge in [-0.05, 0) is 24.6 Å². The molecule has 0 aliphatic rings. The number of furan rings is 1. The number of carbonyl (C=O) groups is 1. The summed E-state index contributed by atoms with van der Waals surface area (Å²) >= 11 is 0. The van der Waals surface area contributed by atoms with E-state index in [0.717, 1.165) is 5.56 Å². The molecule has 3 aromatic rings. The fourth-order valence-corrected chi connectivity index (χ4v) is 2.32. The van der Waals surface area contributed by atoms with Gasteiger partial charge in [0.05, 0.1) is 12.3 Å². The molecule has 0 spiro atoms. The molecule has 0 bridgehead atoms. The van der Waals surface area contributed by atoms with Crippen LogP contribution < -0.4 is 5.32 Å². The van der Waals surface area contributed by atoms with Crippen molar-refractivity contribution in [3.05, 3.63) is 66.1 Å². The van der Waals surface area contributed by atoms with Crippen molar-refractivity contribution in [2.24, 2.45) is 7.05 Å². The molecule has 5 nitrogen and oxygen atoms in total. The van der Waals surface area contributed by atoms with Gasteiger partial charge in [-0.2, -0.15) is 5.10 Å². The van der Waals surface area contributed by atoms with E-state index in [2.05, 4.69) is 10.4 Å². The smallest absolute Gasteiger partial charge is 0.270 e. The molecule has 2 aromatic heterocycles. The highest BCUT2D eigenvalue weighted by molar-refractivity contribution is 5.93. The first kappa shape index (κ1) is 14.1. The van der Waals surface area contributed by atoms with E-state index in [4.69, 9.17) is 4.42 Å². The van der Waals surface area contributed by atoms with Crippen molar-refractivity contribution >= 4 is 5.91 Å². The molecular formula is C17H17N3O2. The minimum Gasteiger partial charge on any atom is -0.463 e. The number of nitrogens with zero attached hydrogens (tertiary/aromatic N) is 2. The lowest BCUT2D eigenvalue weighted by atomic mass is 10.1. The van der Waals surface area contributed by atoms with Crippen molar-refractivity contribution in [2.75, 3.05) is 0 Å². The van der Waals surface area contributed by atoms with Crippen LogP contribution in [0.15, 0.2) is 59.2 Å². The van der Waals surface area contributed by atoms with E-state index < -0.39 is 0 Å². The Morgan fingerprint density at radius 2 is 2.00 bits per heavy atom. The molecule has 22 heavy (non-hydrogen) atoms. The van der Waals surface area contributed by atoms with Crippen LogP contribution in [0, 0.1) is 0 Å². The molecule has 3 rings (SSSR count). The number of hydrogen-bond acceptors (Lipinski definition) is 3. The summed E-state index contributed by atoms with van der Waals surface area (Å²) in [4.78, 5) is 12.4. The van der Waals surface area contributed by atoms with Crippen LogP contribution in [-0.2, 0) is 7.05 Å². The third kappa shape index (κ3) is 2.79. The number of amides is 1. The first-order chi connectivity index (χ1) is 10.6. The Morgan fingerprint density at radius 3 is 2.68 bits per heavy atom. The summed E-state index contributed by atoms with van der Waals surface area (Å²) in [5.74, 6) is 0.481. The van der Waals surface area contributed by atoms with Gasteiger partial charge in [-0.25, -0.2) is 0 Å². The lowest BCUT2D eigenvalue weighted by molar-refractivity contribution is 0.0930. The van der Waals surface area contributed by atoms with E-state index in [1.54, 1.807) is 30.1 Å². The molecule has 112 valence electrons. The Kier molecular flexibility index (Phi) is 3.78. The number of rotatable bonds is 4. The van der Waals surface area contributed by atoms with Crippen molar-refractivity contribution < 1.29 is 9.21 Å². The Morgan fingerprint density at radius 1 is 1.23 bits per heavy atom. The predicted molar refractivity (Wildman–Crippen MR) is 83.2 cm³/mol. The predicted octanol–water partition coefficient (Wildman–Crippen LogP) is 3.17. The number of nitrogens with one attached hydrogen (secondary N) is 1. The highest BCUT2D eigenvalue weighted by Crippen LogP contribution is 2.20. The molecule has 1 amide bonds. The lowest BCUT2D eigenvalue weighted by Gasteiger charge is -2.14. The molecule has 0 aliphatic heterocycles. The zero-order valence-corrected chi connectivity index (χ0v) is 12.5. The number of carbonyl (C=O) groups excluding carboxylic acids is 1. The summed E-state index contributed by atoms with van der Waals surface area (Å²) in [5.41, 5.74) is 2.20. The maximum atomic E-state index is 12.4. The van der Waals surface area contributed by atoms with Crippen LogP contribution in [0.1, 0.15) is 29.0 Å². The zero-order chi connectivity index (χ0) is 15.5. The third-order valence-electron chi connectivity index (χ3n) is 3.53. The van der Waals surface area contributed by atoms with Crippen LogP contribution in [0.4, 0.5) is 0 Å². The Hall–Kier alpha value is -2.82.